The Bertz CT molecular complexity index is 1220. The standard InChI is InChI=1S/C28H35ClF2N6/c1-17-11-19(9-10-36(17)16-20-7-6-8-23(29)25(20)30)13-22-14-21(15-32)26(31)27(33-22)34-24-12-18(2)37(35-24)28(3,4)5/h6-8,12,14,17,19,24,35H,9-11,13,16H2,1-5H3,(H,33,34)/t17-,19?,24?/m1/s1. The number of pyridine rings is 1. The summed E-state index contributed by atoms with van der Waals surface area (Å²) < 4.78 is 29.4. The molecule has 1 fully saturated rings. The summed E-state index contributed by atoms with van der Waals surface area (Å²) in [5.41, 5.74) is 5.49. The van der Waals surface area contributed by atoms with Crippen molar-refractivity contribution in [3.63, 3.8) is 0 Å². The second-order valence-corrected chi connectivity index (χ2v) is 11.5. The quantitative estimate of drug-likeness (QED) is 0.480. The molecule has 2 N–H and O–H groups in total. The highest BCUT2D eigenvalue weighted by Crippen LogP contribution is 2.30. The third kappa shape index (κ3) is 6.23. The smallest absolute Gasteiger partial charge is 0.183 e. The highest BCUT2D eigenvalue weighted by molar-refractivity contribution is 6.30. The average Bonchev–Trinajstić information content (AvgIpc) is 3.21. The van der Waals surface area contributed by atoms with E-state index < -0.39 is 5.82 Å². The zero-order chi connectivity index (χ0) is 26.9. The van der Waals surface area contributed by atoms with Crippen LogP contribution in [0.5, 0.6) is 0 Å². The van der Waals surface area contributed by atoms with Crippen LogP contribution in [-0.2, 0) is 13.0 Å². The van der Waals surface area contributed by atoms with Gasteiger partial charge in [0.05, 0.1) is 10.6 Å². The van der Waals surface area contributed by atoms with E-state index in [1.165, 1.54) is 0 Å². The zero-order valence-corrected chi connectivity index (χ0v) is 22.8. The molecule has 1 aromatic heterocycles. The van der Waals surface area contributed by atoms with E-state index in [0.29, 0.717) is 30.1 Å². The van der Waals surface area contributed by atoms with Crippen LogP contribution in [0.4, 0.5) is 14.6 Å². The molecule has 2 aromatic rings. The number of anilines is 1. The van der Waals surface area contributed by atoms with Crippen LogP contribution in [0, 0.1) is 28.9 Å². The van der Waals surface area contributed by atoms with Crippen molar-refractivity contribution in [3.05, 3.63) is 69.5 Å². The molecule has 37 heavy (non-hydrogen) atoms. The summed E-state index contributed by atoms with van der Waals surface area (Å²) >= 11 is 5.95. The number of piperidine rings is 1. The van der Waals surface area contributed by atoms with Gasteiger partial charge in [0, 0.05) is 35.1 Å². The monoisotopic (exact) mass is 528 g/mol. The number of hydrogen-bond acceptors (Lipinski definition) is 6. The third-order valence-corrected chi connectivity index (χ3v) is 7.44. The van der Waals surface area contributed by atoms with Gasteiger partial charge >= 0.3 is 0 Å². The minimum Gasteiger partial charge on any atom is -0.347 e. The van der Waals surface area contributed by atoms with Crippen molar-refractivity contribution in [1.29, 1.82) is 5.26 Å². The van der Waals surface area contributed by atoms with Crippen molar-refractivity contribution >= 4 is 17.4 Å². The number of aromatic nitrogens is 1. The van der Waals surface area contributed by atoms with Gasteiger partial charge in [-0.15, -0.1) is 0 Å². The number of likely N-dealkylation sites (tertiary alicyclic amines) is 1. The number of nitrogens with zero attached hydrogens (tertiary/aromatic N) is 4. The lowest BCUT2D eigenvalue weighted by Gasteiger charge is -2.38. The summed E-state index contributed by atoms with van der Waals surface area (Å²) in [4.78, 5) is 6.84. The van der Waals surface area contributed by atoms with Gasteiger partial charge in [-0.3, -0.25) is 4.90 Å². The lowest BCUT2D eigenvalue weighted by Crippen LogP contribution is -2.50. The molecule has 1 saturated heterocycles. The number of nitriles is 1. The Labute approximate surface area is 223 Å². The Morgan fingerprint density at radius 3 is 2.68 bits per heavy atom. The van der Waals surface area contributed by atoms with Crippen LogP contribution in [0.15, 0.2) is 36.0 Å². The molecule has 0 amide bonds. The lowest BCUT2D eigenvalue weighted by molar-refractivity contribution is 0.114. The summed E-state index contributed by atoms with van der Waals surface area (Å²) in [7, 11) is 0. The molecule has 6 nitrogen and oxygen atoms in total. The average molecular weight is 529 g/mol. The van der Waals surface area contributed by atoms with E-state index in [-0.39, 0.29) is 40.0 Å². The molecule has 0 saturated carbocycles. The van der Waals surface area contributed by atoms with Crippen LogP contribution in [0.3, 0.4) is 0 Å². The topological polar surface area (TPSA) is 67.2 Å². The molecule has 9 heteroatoms. The van der Waals surface area contributed by atoms with E-state index in [0.717, 1.165) is 25.1 Å². The molecule has 0 aliphatic carbocycles. The number of hydrogen-bond donors (Lipinski definition) is 2. The molecule has 4 rings (SSSR count). The predicted molar refractivity (Wildman–Crippen MR) is 143 cm³/mol. The molecule has 2 aliphatic rings. The Kier molecular flexibility index (Phi) is 8.08. The first-order chi connectivity index (χ1) is 17.5. The van der Waals surface area contributed by atoms with E-state index in [9.17, 15) is 9.65 Å². The van der Waals surface area contributed by atoms with Gasteiger partial charge in [-0.1, -0.05) is 23.7 Å². The number of halogens is 3. The van der Waals surface area contributed by atoms with E-state index in [4.69, 9.17) is 11.6 Å². The molecule has 0 bridgehead atoms. The largest absolute Gasteiger partial charge is 0.347 e. The summed E-state index contributed by atoms with van der Waals surface area (Å²) in [5.74, 6) is -0.588. The van der Waals surface area contributed by atoms with Crippen molar-refractivity contribution in [1.82, 2.24) is 20.3 Å². The molecule has 3 atom stereocenters. The SMILES string of the molecule is CC1=CC(Nc2nc(CC3CCN(Cc4cccc(Cl)c4F)[C@H](C)C3)cc(C#N)c2F)NN1C(C)(C)C. The van der Waals surface area contributed by atoms with Gasteiger partial charge in [-0.05, 0) is 84.6 Å². The number of nitrogens with one attached hydrogen (secondary N) is 2. The van der Waals surface area contributed by atoms with Gasteiger partial charge in [0.2, 0.25) is 0 Å². The second kappa shape index (κ2) is 10.9. The Morgan fingerprint density at radius 1 is 1.27 bits per heavy atom. The van der Waals surface area contributed by atoms with Gasteiger partial charge in [0.25, 0.3) is 0 Å². The zero-order valence-electron chi connectivity index (χ0n) is 22.1. The molecular weight excluding hydrogens is 494 g/mol. The van der Waals surface area contributed by atoms with Crippen LogP contribution in [0.25, 0.3) is 0 Å². The maximum atomic E-state index is 15.0. The number of hydrazine groups is 1. The van der Waals surface area contributed by atoms with Gasteiger partial charge in [0.1, 0.15) is 18.1 Å². The summed E-state index contributed by atoms with van der Waals surface area (Å²) in [5, 5.41) is 14.9. The van der Waals surface area contributed by atoms with Gasteiger partial charge in [-0.2, -0.15) is 5.26 Å². The second-order valence-electron chi connectivity index (χ2n) is 11.1. The molecule has 3 heterocycles. The van der Waals surface area contributed by atoms with Crippen molar-refractivity contribution in [3.8, 4) is 6.07 Å². The van der Waals surface area contributed by atoms with E-state index in [1.54, 1.807) is 24.3 Å². The Hall–Kier alpha value is -2.73. The van der Waals surface area contributed by atoms with Gasteiger partial charge in [-0.25, -0.2) is 19.2 Å². The molecular formula is C28H35ClF2N6. The normalized spacial score (nSPS) is 22.6. The molecule has 1 aromatic carbocycles. The number of allylic oxidation sites excluding steroid dienone is 1. The highest BCUT2D eigenvalue weighted by atomic mass is 35.5. The van der Waals surface area contributed by atoms with Gasteiger partial charge < -0.3 is 10.3 Å². The first-order valence-corrected chi connectivity index (χ1v) is 13.1. The third-order valence-electron chi connectivity index (χ3n) is 7.15. The van der Waals surface area contributed by atoms with Crippen LogP contribution in [-0.4, -0.2) is 39.2 Å². The highest BCUT2D eigenvalue weighted by Gasteiger charge is 2.30. The fourth-order valence-corrected chi connectivity index (χ4v) is 5.52. The Morgan fingerprint density at radius 2 is 2.03 bits per heavy atom. The maximum Gasteiger partial charge on any atom is 0.183 e. The van der Waals surface area contributed by atoms with Crippen molar-refractivity contribution in [2.24, 2.45) is 5.92 Å². The van der Waals surface area contributed by atoms with Gasteiger partial charge in [0.15, 0.2) is 11.6 Å². The van der Waals surface area contributed by atoms with E-state index >= 15 is 4.39 Å². The summed E-state index contributed by atoms with van der Waals surface area (Å²) in [6.07, 6.45) is 4.10. The first-order valence-electron chi connectivity index (χ1n) is 12.7. The molecule has 198 valence electrons. The van der Waals surface area contributed by atoms with Crippen LogP contribution in [0.1, 0.15) is 64.3 Å². The van der Waals surface area contributed by atoms with Crippen molar-refractivity contribution < 1.29 is 8.78 Å². The molecule has 0 radical (unpaired) electrons. The number of benzene rings is 1. The molecule has 2 unspecified atom stereocenters. The first kappa shape index (κ1) is 27.3. The van der Waals surface area contributed by atoms with Crippen LogP contribution < -0.4 is 10.7 Å². The lowest BCUT2D eigenvalue weighted by atomic mass is 9.87. The fraction of sp³-hybridized carbons (Fsp3) is 0.500. The van der Waals surface area contributed by atoms with E-state index in [1.807, 2.05) is 24.1 Å². The summed E-state index contributed by atoms with van der Waals surface area (Å²) in [6.45, 7) is 11.7. The Balaban J connectivity index is 1.43. The number of rotatable bonds is 6. The molecule has 0 spiro atoms. The fourth-order valence-electron chi connectivity index (χ4n) is 5.33. The van der Waals surface area contributed by atoms with Crippen molar-refractivity contribution in [2.75, 3.05) is 11.9 Å². The van der Waals surface area contributed by atoms with Crippen molar-refractivity contribution in [2.45, 2.75) is 78.2 Å². The minimum atomic E-state index is -0.639. The predicted octanol–water partition coefficient (Wildman–Crippen LogP) is 5.99. The summed E-state index contributed by atoms with van der Waals surface area (Å²) in [6, 6.07) is 8.89. The van der Waals surface area contributed by atoms with E-state index in [2.05, 4.69) is 48.3 Å². The van der Waals surface area contributed by atoms with Crippen LogP contribution >= 0.6 is 11.6 Å². The van der Waals surface area contributed by atoms with Crippen LogP contribution in [0.2, 0.25) is 5.02 Å². The molecule has 2 aliphatic heterocycles. The maximum absolute atomic E-state index is 15.0. The minimum absolute atomic E-state index is 0.0132.